The van der Waals surface area contributed by atoms with E-state index in [9.17, 15) is 13.6 Å². The summed E-state index contributed by atoms with van der Waals surface area (Å²) in [5.41, 5.74) is -0.492. The van der Waals surface area contributed by atoms with Crippen molar-refractivity contribution in [1.82, 2.24) is 0 Å². The number of benzene rings is 2. The normalized spacial score (nSPS) is 11.6. The molecule has 2 aromatic rings. The molecule has 1 amide bonds. The maximum absolute atomic E-state index is 13.5. The lowest BCUT2D eigenvalue weighted by Gasteiger charge is -2.15. The number of rotatable bonds is 5. The van der Waals surface area contributed by atoms with Crippen LogP contribution in [0.2, 0.25) is 0 Å². The van der Waals surface area contributed by atoms with Gasteiger partial charge in [-0.3, -0.25) is 4.79 Å². The summed E-state index contributed by atoms with van der Waals surface area (Å²) >= 11 is 0. The van der Waals surface area contributed by atoms with Crippen LogP contribution >= 0.6 is 0 Å². The summed E-state index contributed by atoms with van der Waals surface area (Å²) in [6, 6.07) is 10.0. The Morgan fingerprint density at radius 2 is 1.68 bits per heavy atom. The van der Waals surface area contributed by atoms with E-state index < -0.39 is 29.3 Å². The van der Waals surface area contributed by atoms with Crippen molar-refractivity contribution in [2.45, 2.75) is 13.0 Å². The first-order valence-electron chi connectivity index (χ1n) is 6.57. The van der Waals surface area contributed by atoms with Crippen LogP contribution in [0.1, 0.15) is 6.92 Å². The van der Waals surface area contributed by atoms with E-state index in [1.165, 1.54) is 20.1 Å². The second-order valence-electron chi connectivity index (χ2n) is 4.52. The molecule has 0 radical (unpaired) electrons. The van der Waals surface area contributed by atoms with Gasteiger partial charge in [0.25, 0.3) is 5.91 Å². The maximum atomic E-state index is 13.5. The Morgan fingerprint density at radius 1 is 1.09 bits per heavy atom. The van der Waals surface area contributed by atoms with Gasteiger partial charge in [-0.25, -0.2) is 8.78 Å². The van der Waals surface area contributed by atoms with Gasteiger partial charge in [0.2, 0.25) is 0 Å². The van der Waals surface area contributed by atoms with Gasteiger partial charge in [0.15, 0.2) is 6.10 Å². The zero-order valence-electron chi connectivity index (χ0n) is 12.1. The van der Waals surface area contributed by atoms with E-state index in [0.29, 0.717) is 11.5 Å². The summed E-state index contributed by atoms with van der Waals surface area (Å²) in [6.45, 7) is 1.48. The minimum absolute atomic E-state index is 0.413. The molecular weight excluding hydrogens is 292 g/mol. The lowest BCUT2D eigenvalue weighted by atomic mass is 10.2. The second-order valence-corrected chi connectivity index (χ2v) is 4.52. The summed E-state index contributed by atoms with van der Waals surface area (Å²) < 4.78 is 37.5. The molecule has 116 valence electrons. The standard InChI is InChI=1S/C16H15F2NO3/c1-10(22-12-6-3-5-11(9-12)21-2)16(20)19-15-13(17)7-4-8-14(15)18/h3-10H,1-2H3,(H,19,20)/t10-/m0/s1. The van der Waals surface area contributed by atoms with Crippen molar-refractivity contribution in [1.29, 1.82) is 0 Å². The van der Waals surface area contributed by atoms with Crippen LogP contribution in [0.25, 0.3) is 0 Å². The number of hydrogen-bond donors (Lipinski definition) is 1. The number of ether oxygens (including phenoxy) is 2. The molecule has 0 unspecified atom stereocenters. The third-order valence-electron chi connectivity index (χ3n) is 2.93. The molecule has 0 aliphatic heterocycles. The van der Waals surface area contributed by atoms with E-state index in [0.717, 1.165) is 12.1 Å². The first-order chi connectivity index (χ1) is 10.5. The smallest absolute Gasteiger partial charge is 0.265 e. The Hall–Kier alpha value is -2.63. The number of para-hydroxylation sites is 1. The van der Waals surface area contributed by atoms with Crippen LogP contribution in [-0.2, 0) is 4.79 Å². The highest BCUT2D eigenvalue weighted by Crippen LogP contribution is 2.21. The fourth-order valence-electron chi connectivity index (χ4n) is 1.77. The predicted molar refractivity (Wildman–Crippen MR) is 78.1 cm³/mol. The summed E-state index contributed by atoms with van der Waals surface area (Å²) in [4.78, 5) is 12.0. The summed E-state index contributed by atoms with van der Waals surface area (Å²) in [6.07, 6.45) is -0.939. The first kappa shape index (κ1) is 15.8. The molecule has 1 atom stereocenters. The third kappa shape index (κ3) is 3.72. The van der Waals surface area contributed by atoms with Crippen molar-refractivity contribution >= 4 is 11.6 Å². The number of anilines is 1. The summed E-state index contributed by atoms with van der Waals surface area (Å²) in [5, 5.41) is 2.18. The number of carbonyl (C=O) groups is 1. The number of carbonyl (C=O) groups excluding carboxylic acids is 1. The molecule has 1 N–H and O–H groups in total. The van der Waals surface area contributed by atoms with Crippen LogP contribution in [0, 0.1) is 11.6 Å². The lowest BCUT2D eigenvalue weighted by Crippen LogP contribution is -2.30. The molecular formula is C16H15F2NO3. The zero-order chi connectivity index (χ0) is 16.1. The van der Waals surface area contributed by atoms with E-state index >= 15 is 0 Å². The Labute approximate surface area is 126 Å². The molecule has 2 aromatic carbocycles. The van der Waals surface area contributed by atoms with Gasteiger partial charge >= 0.3 is 0 Å². The predicted octanol–water partition coefficient (Wildman–Crippen LogP) is 3.38. The highest BCUT2D eigenvalue weighted by atomic mass is 19.1. The summed E-state index contributed by atoms with van der Waals surface area (Å²) in [5.74, 6) is -1.36. The highest BCUT2D eigenvalue weighted by Gasteiger charge is 2.18. The van der Waals surface area contributed by atoms with E-state index in [1.54, 1.807) is 24.3 Å². The number of nitrogens with one attached hydrogen (secondary N) is 1. The van der Waals surface area contributed by atoms with Gasteiger partial charge in [0, 0.05) is 6.07 Å². The van der Waals surface area contributed by atoms with E-state index in [2.05, 4.69) is 5.32 Å². The van der Waals surface area contributed by atoms with Crippen LogP contribution in [0.3, 0.4) is 0 Å². The molecule has 6 heteroatoms. The first-order valence-corrected chi connectivity index (χ1v) is 6.57. The Morgan fingerprint density at radius 3 is 2.32 bits per heavy atom. The van der Waals surface area contributed by atoms with Crippen LogP contribution in [0.4, 0.5) is 14.5 Å². The van der Waals surface area contributed by atoms with Crippen LogP contribution < -0.4 is 14.8 Å². The molecule has 0 aliphatic carbocycles. The molecule has 4 nitrogen and oxygen atoms in total. The molecule has 0 spiro atoms. The lowest BCUT2D eigenvalue weighted by molar-refractivity contribution is -0.122. The third-order valence-corrected chi connectivity index (χ3v) is 2.93. The Balaban J connectivity index is 2.06. The van der Waals surface area contributed by atoms with Gasteiger partial charge in [0.05, 0.1) is 7.11 Å². The van der Waals surface area contributed by atoms with E-state index in [4.69, 9.17) is 9.47 Å². The largest absolute Gasteiger partial charge is 0.497 e. The van der Waals surface area contributed by atoms with Crippen molar-refractivity contribution in [2.24, 2.45) is 0 Å². The number of amides is 1. The Kier molecular flexibility index (Phi) is 4.93. The average molecular weight is 307 g/mol. The average Bonchev–Trinajstić information content (AvgIpc) is 2.51. The quantitative estimate of drug-likeness (QED) is 0.921. The van der Waals surface area contributed by atoms with Crippen molar-refractivity contribution in [3.8, 4) is 11.5 Å². The van der Waals surface area contributed by atoms with Crippen molar-refractivity contribution in [2.75, 3.05) is 12.4 Å². The van der Waals surface area contributed by atoms with Crippen molar-refractivity contribution < 1.29 is 23.0 Å². The molecule has 22 heavy (non-hydrogen) atoms. The number of halogens is 2. The molecule has 0 aliphatic rings. The molecule has 0 fully saturated rings. The van der Waals surface area contributed by atoms with Gasteiger partial charge in [-0.05, 0) is 31.2 Å². The zero-order valence-corrected chi connectivity index (χ0v) is 12.1. The Bertz CT molecular complexity index is 656. The molecule has 0 saturated carbocycles. The van der Waals surface area contributed by atoms with E-state index in [-0.39, 0.29) is 0 Å². The molecule has 0 heterocycles. The second kappa shape index (κ2) is 6.89. The van der Waals surface area contributed by atoms with Gasteiger partial charge in [-0.2, -0.15) is 0 Å². The molecule has 0 aromatic heterocycles. The monoisotopic (exact) mass is 307 g/mol. The fourth-order valence-corrected chi connectivity index (χ4v) is 1.77. The van der Waals surface area contributed by atoms with Gasteiger partial charge in [-0.1, -0.05) is 12.1 Å². The SMILES string of the molecule is COc1cccc(O[C@@H](C)C(=O)Nc2c(F)cccc2F)c1. The van der Waals surface area contributed by atoms with Crippen molar-refractivity contribution in [3.63, 3.8) is 0 Å². The molecule has 0 saturated heterocycles. The molecule has 0 bridgehead atoms. The fraction of sp³-hybridized carbons (Fsp3) is 0.188. The summed E-state index contributed by atoms with van der Waals surface area (Å²) in [7, 11) is 1.51. The van der Waals surface area contributed by atoms with Gasteiger partial charge in [-0.15, -0.1) is 0 Å². The number of hydrogen-bond acceptors (Lipinski definition) is 3. The topological polar surface area (TPSA) is 47.6 Å². The highest BCUT2D eigenvalue weighted by molar-refractivity contribution is 5.94. The van der Waals surface area contributed by atoms with E-state index in [1.807, 2.05) is 0 Å². The minimum atomic E-state index is -0.939. The molecule has 2 rings (SSSR count). The van der Waals surface area contributed by atoms with Gasteiger partial charge < -0.3 is 14.8 Å². The number of methoxy groups -OCH3 is 1. The van der Waals surface area contributed by atoms with Crippen LogP contribution in [-0.4, -0.2) is 19.1 Å². The van der Waals surface area contributed by atoms with Crippen molar-refractivity contribution in [3.05, 3.63) is 54.1 Å². The maximum Gasteiger partial charge on any atom is 0.265 e. The van der Waals surface area contributed by atoms with Crippen LogP contribution in [0.15, 0.2) is 42.5 Å². The minimum Gasteiger partial charge on any atom is -0.497 e. The van der Waals surface area contributed by atoms with Gasteiger partial charge in [0.1, 0.15) is 28.8 Å². The van der Waals surface area contributed by atoms with Crippen LogP contribution in [0.5, 0.6) is 11.5 Å².